The monoisotopic (exact) mass is 235 g/mol. The van der Waals surface area contributed by atoms with E-state index in [4.69, 9.17) is 9.47 Å². The summed E-state index contributed by atoms with van der Waals surface area (Å²) in [6, 6.07) is 8.59. The third kappa shape index (κ3) is 3.80. The lowest BCUT2D eigenvalue weighted by Crippen LogP contribution is -2.33. The molecule has 1 unspecified atom stereocenters. The Morgan fingerprint density at radius 3 is 2.82 bits per heavy atom. The maximum absolute atomic E-state index is 5.49. The van der Waals surface area contributed by atoms with Crippen LogP contribution >= 0.6 is 0 Å². The second-order valence-corrected chi connectivity index (χ2v) is 4.36. The van der Waals surface area contributed by atoms with Crippen LogP contribution in [0.4, 0.5) is 0 Å². The van der Waals surface area contributed by atoms with Gasteiger partial charge in [-0.05, 0) is 24.0 Å². The molecular formula is C14H21NO2. The van der Waals surface area contributed by atoms with Gasteiger partial charge in [-0.1, -0.05) is 31.2 Å². The van der Waals surface area contributed by atoms with E-state index < -0.39 is 0 Å². The highest BCUT2D eigenvalue weighted by atomic mass is 16.7. The van der Waals surface area contributed by atoms with Crippen LogP contribution in [-0.4, -0.2) is 26.0 Å². The number of ether oxygens (including phenoxy) is 2. The fourth-order valence-electron chi connectivity index (χ4n) is 2.11. The minimum atomic E-state index is 0.303. The molecule has 17 heavy (non-hydrogen) atoms. The van der Waals surface area contributed by atoms with Gasteiger partial charge in [-0.15, -0.1) is 0 Å². The summed E-state index contributed by atoms with van der Waals surface area (Å²) in [5.74, 6) is 0. The summed E-state index contributed by atoms with van der Waals surface area (Å²) in [7, 11) is 0. The van der Waals surface area contributed by atoms with Gasteiger partial charge in [-0.3, -0.25) is 0 Å². The van der Waals surface area contributed by atoms with Crippen LogP contribution in [-0.2, 0) is 22.4 Å². The molecule has 2 rings (SSSR count). The van der Waals surface area contributed by atoms with E-state index in [1.807, 2.05) is 0 Å². The van der Waals surface area contributed by atoms with Crippen molar-refractivity contribution in [1.29, 1.82) is 0 Å². The molecule has 0 saturated carbocycles. The van der Waals surface area contributed by atoms with Crippen LogP contribution in [0.5, 0.6) is 0 Å². The molecule has 1 saturated heterocycles. The van der Waals surface area contributed by atoms with E-state index in [-0.39, 0.29) is 0 Å². The lowest BCUT2D eigenvalue weighted by atomic mass is 10.1. The van der Waals surface area contributed by atoms with E-state index in [0.29, 0.717) is 12.9 Å². The van der Waals surface area contributed by atoms with E-state index in [9.17, 15) is 0 Å². The van der Waals surface area contributed by atoms with E-state index in [2.05, 4.69) is 36.5 Å². The van der Waals surface area contributed by atoms with Crippen LogP contribution in [0.2, 0.25) is 0 Å². The lowest BCUT2D eigenvalue weighted by molar-refractivity contribution is -0.137. The summed E-state index contributed by atoms with van der Waals surface area (Å²) in [6.07, 6.45) is 2.38. The average Bonchev–Trinajstić information content (AvgIpc) is 2.40. The summed E-state index contributed by atoms with van der Waals surface area (Å²) in [5, 5.41) is 3.47. The molecule has 94 valence electrons. The molecule has 0 aromatic heterocycles. The van der Waals surface area contributed by atoms with Crippen molar-refractivity contribution >= 4 is 0 Å². The van der Waals surface area contributed by atoms with Crippen LogP contribution in [0.15, 0.2) is 24.3 Å². The normalized spacial score (nSPS) is 20.4. The summed E-state index contributed by atoms with van der Waals surface area (Å²) in [6.45, 7) is 5.28. The Hall–Kier alpha value is -0.900. The van der Waals surface area contributed by atoms with Crippen molar-refractivity contribution in [2.75, 3.05) is 19.9 Å². The Bertz CT molecular complexity index is 335. The molecule has 1 aromatic rings. The molecule has 1 N–H and O–H groups in total. The summed E-state index contributed by atoms with van der Waals surface area (Å²) in [5.41, 5.74) is 2.81. The highest BCUT2D eigenvalue weighted by Gasteiger charge is 2.13. The summed E-state index contributed by atoms with van der Waals surface area (Å²) in [4.78, 5) is 0. The first-order chi connectivity index (χ1) is 8.40. The Kier molecular flexibility index (Phi) is 4.98. The molecule has 0 spiro atoms. The van der Waals surface area contributed by atoms with Crippen LogP contribution < -0.4 is 5.32 Å². The second kappa shape index (κ2) is 6.74. The van der Waals surface area contributed by atoms with Gasteiger partial charge in [0.25, 0.3) is 0 Å². The zero-order valence-electron chi connectivity index (χ0n) is 10.4. The Morgan fingerprint density at radius 1 is 1.29 bits per heavy atom. The first-order valence-corrected chi connectivity index (χ1v) is 6.37. The van der Waals surface area contributed by atoms with Crippen molar-refractivity contribution < 1.29 is 9.47 Å². The van der Waals surface area contributed by atoms with Crippen molar-refractivity contribution in [3.05, 3.63) is 35.4 Å². The van der Waals surface area contributed by atoms with Crippen LogP contribution in [0.3, 0.4) is 0 Å². The number of rotatable bonds is 5. The highest BCUT2D eigenvalue weighted by molar-refractivity contribution is 5.26. The average molecular weight is 235 g/mol. The van der Waals surface area contributed by atoms with Crippen LogP contribution in [0, 0.1) is 0 Å². The Morgan fingerprint density at radius 2 is 2.12 bits per heavy atom. The quantitative estimate of drug-likeness (QED) is 0.848. The number of hydrogen-bond acceptors (Lipinski definition) is 3. The third-order valence-electron chi connectivity index (χ3n) is 3.16. The zero-order chi connectivity index (χ0) is 11.9. The number of aryl methyl sites for hydroxylation is 1. The Balaban J connectivity index is 1.77. The molecule has 3 heteroatoms. The van der Waals surface area contributed by atoms with Crippen molar-refractivity contribution in [3.63, 3.8) is 0 Å². The minimum absolute atomic E-state index is 0.303. The lowest BCUT2D eigenvalue weighted by Gasteiger charge is -2.23. The van der Waals surface area contributed by atoms with Crippen molar-refractivity contribution in [2.45, 2.75) is 32.4 Å². The van der Waals surface area contributed by atoms with Gasteiger partial charge in [0.1, 0.15) is 6.79 Å². The fourth-order valence-corrected chi connectivity index (χ4v) is 2.11. The van der Waals surface area contributed by atoms with Crippen LogP contribution in [0.1, 0.15) is 24.5 Å². The molecule has 0 bridgehead atoms. The van der Waals surface area contributed by atoms with Crippen molar-refractivity contribution in [3.8, 4) is 0 Å². The third-order valence-corrected chi connectivity index (χ3v) is 3.16. The van der Waals surface area contributed by atoms with Gasteiger partial charge in [0.05, 0.1) is 12.7 Å². The van der Waals surface area contributed by atoms with Crippen molar-refractivity contribution in [1.82, 2.24) is 5.32 Å². The molecule has 1 fully saturated rings. The summed E-state index contributed by atoms with van der Waals surface area (Å²) < 4.78 is 10.6. The molecule has 1 atom stereocenters. The molecule has 3 nitrogen and oxygen atoms in total. The van der Waals surface area contributed by atoms with Crippen molar-refractivity contribution in [2.24, 2.45) is 0 Å². The predicted octanol–water partition coefficient (Wildman–Crippen LogP) is 2.10. The number of hydrogen-bond donors (Lipinski definition) is 1. The molecule has 0 aliphatic carbocycles. The fraction of sp³-hybridized carbons (Fsp3) is 0.571. The Labute approximate surface area is 103 Å². The number of nitrogens with one attached hydrogen (secondary N) is 1. The second-order valence-electron chi connectivity index (χ2n) is 4.36. The van der Waals surface area contributed by atoms with E-state index in [0.717, 1.165) is 32.5 Å². The maximum Gasteiger partial charge on any atom is 0.147 e. The minimum Gasteiger partial charge on any atom is -0.355 e. The van der Waals surface area contributed by atoms with E-state index in [1.165, 1.54) is 11.1 Å². The van der Waals surface area contributed by atoms with E-state index >= 15 is 0 Å². The topological polar surface area (TPSA) is 30.5 Å². The van der Waals surface area contributed by atoms with Gasteiger partial charge in [0.2, 0.25) is 0 Å². The predicted molar refractivity (Wildman–Crippen MR) is 67.8 cm³/mol. The largest absolute Gasteiger partial charge is 0.355 e. The molecular weight excluding hydrogens is 214 g/mol. The van der Waals surface area contributed by atoms with Gasteiger partial charge in [-0.25, -0.2) is 0 Å². The zero-order valence-corrected chi connectivity index (χ0v) is 10.4. The van der Waals surface area contributed by atoms with Gasteiger partial charge in [-0.2, -0.15) is 0 Å². The van der Waals surface area contributed by atoms with Gasteiger partial charge < -0.3 is 14.8 Å². The molecule has 1 aromatic carbocycles. The standard InChI is InChI=1S/C14H21NO2/c1-2-12-5-3-4-6-13(12)9-15-10-14-7-8-16-11-17-14/h3-6,14-15H,2,7-11H2,1H3. The molecule has 0 radical (unpaired) electrons. The first kappa shape index (κ1) is 12.6. The highest BCUT2D eigenvalue weighted by Crippen LogP contribution is 2.10. The molecule has 1 heterocycles. The number of benzene rings is 1. The van der Waals surface area contributed by atoms with E-state index in [1.54, 1.807) is 0 Å². The van der Waals surface area contributed by atoms with Gasteiger partial charge in [0.15, 0.2) is 0 Å². The van der Waals surface area contributed by atoms with Gasteiger partial charge >= 0.3 is 0 Å². The van der Waals surface area contributed by atoms with Crippen LogP contribution in [0.25, 0.3) is 0 Å². The molecule has 1 aliphatic heterocycles. The maximum atomic E-state index is 5.49. The smallest absolute Gasteiger partial charge is 0.147 e. The molecule has 0 amide bonds. The first-order valence-electron chi connectivity index (χ1n) is 6.37. The summed E-state index contributed by atoms with van der Waals surface area (Å²) >= 11 is 0. The molecule has 1 aliphatic rings. The van der Waals surface area contributed by atoms with Gasteiger partial charge in [0, 0.05) is 13.1 Å². The SMILES string of the molecule is CCc1ccccc1CNCC1CCOCO1.